The quantitative estimate of drug-likeness (QED) is 0.818. The van der Waals surface area contributed by atoms with Crippen LogP contribution in [-0.2, 0) is 11.3 Å². The van der Waals surface area contributed by atoms with Crippen LogP contribution in [-0.4, -0.2) is 19.7 Å². The highest BCUT2D eigenvalue weighted by Crippen LogP contribution is 2.10. The van der Waals surface area contributed by atoms with Crippen molar-refractivity contribution in [2.75, 3.05) is 19.7 Å². The second kappa shape index (κ2) is 5.24. The van der Waals surface area contributed by atoms with Crippen LogP contribution in [0.25, 0.3) is 0 Å². The molecule has 1 saturated heterocycles. The SMILES string of the molecule is Fc1ccc(COC[C@@H]2CCNC2)cc1. The Labute approximate surface area is 89.4 Å². The van der Waals surface area contributed by atoms with E-state index in [9.17, 15) is 4.39 Å². The van der Waals surface area contributed by atoms with Crippen LogP contribution in [0.2, 0.25) is 0 Å². The summed E-state index contributed by atoms with van der Waals surface area (Å²) in [5.41, 5.74) is 1.03. The van der Waals surface area contributed by atoms with E-state index in [0.29, 0.717) is 12.5 Å². The van der Waals surface area contributed by atoms with Crippen molar-refractivity contribution in [3.63, 3.8) is 0 Å². The molecule has 0 unspecified atom stereocenters. The summed E-state index contributed by atoms with van der Waals surface area (Å²) in [7, 11) is 0. The van der Waals surface area contributed by atoms with Crippen LogP contribution in [0.15, 0.2) is 24.3 Å². The van der Waals surface area contributed by atoms with Crippen molar-refractivity contribution >= 4 is 0 Å². The van der Waals surface area contributed by atoms with Crippen LogP contribution >= 0.6 is 0 Å². The Balaban J connectivity index is 1.71. The van der Waals surface area contributed by atoms with Gasteiger partial charge in [-0.05, 0) is 36.6 Å². The number of halogens is 1. The Bertz CT molecular complexity index is 293. The smallest absolute Gasteiger partial charge is 0.123 e. The fraction of sp³-hybridized carbons (Fsp3) is 0.500. The third-order valence-corrected chi connectivity index (χ3v) is 2.70. The zero-order chi connectivity index (χ0) is 10.5. The van der Waals surface area contributed by atoms with Crippen molar-refractivity contribution in [2.45, 2.75) is 13.0 Å². The van der Waals surface area contributed by atoms with Crippen LogP contribution in [0.1, 0.15) is 12.0 Å². The summed E-state index contributed by atoms with van der Waals surface area (Å²) in [6, 6.07) is 6.47. The molecule has 1 fully saturated rings. The summed E-state index contributed by atoms with van der Waals surface area (Å²) in [5, 5.41) is 3.30. The molecular formula is C12H16FNO. The molecule has 1 aliphatic rings. The van der Waals surface area contributed by atoms with Gasteiger partial charge < -0.3 is 10.1 Å². The molecule has 82 valence electrons. The van der Waals surface area contributed by atoms with E-state index in [1.165, 1.54) is 18.6 Å². The Hall–Kier alpha value is -0.930. The normalized spacial score (nSPS) is 20.7. The van der Waals surface area contributed by atoms with E-state index in [-0.39, 0.29) is 5.82 Å². The Morgan fingerprint density at radius 1 is 1.33 bits per heavy atom. The first kappa shape index (κ1) is 10.6. The standard InChI is InChI=1S/C12H16FNO/c13-12-3-1-10(2-4-12)8-15-9-11-5-6-14-7-11/h1-4,11,14H,5-9H2/t11-/m1/s1. The topological polar surface area (TPSA) is 21.3 Å². The van der Waals surface area contributed by atoms with E-state index in [4.69, 9.17) is 4.74 Å². The minimum Gasteiger partial charge on any atom is -0.376 e. The zero-order valence-electron chi connectivity index (χ0n) is 8.71. The largest absolute Gasteiger partial charge is 0.376 e. The lowest BCUT2D eigenvalue weighted by molar-refractivity contribution is 0.0924. The molecule has 2 nitrogen and oxygen atoms in total. The van der Waals surface area contributed by atoms with E-state index in [2.05, 4.69) is 5.32 Å². The van der Waals surface area contributed by atoms with E-state index in [0.717, 1.165) is 25.3 Å². The molecule has 1 atom stereocenters. The first-order valence-electron chi connectivity index (χ1n) is 5.37. The van der Waals surface area contributed by atoms with Gasteiger partial charge in [-0.1, -0.05) is 12.1 Å². The number of nitrogens with one attached hydrogen (secondary N) is 1. The summed E-state index contributed by atoms with van der Waals surface area (Å²) < 4.78 is 18.2. The van der Waals surface area contributed by atoms with Gasteiger partial charge in [-0.25, -0.2) is 4.39 Å². The average molecular weight is 209 g/mol. The lowest BCUT2D eigenvalue weighted by Gasteiger charge is -2.09. The van der Waals surface area contributed by atoms with Crippen LogP contribution in [0.5, 0.6) is 0 Å². The van der Waals surface area contributed by atoms with Crippen molar-refractivity contribution in [1.29, 1.82) is 0 Å². The second-order valence-corrected chi connectivity index (χ2v) is 4.00. The van der Waals surface area contributed by atoms with Gasteiger partial charge in [-0.2, -0.15) is 0 Å². The average Bonchev–Trinajstić information content (AvgIpc) is 2.74. The number of hydrogen-bond acceptors (Lipinski definition) is 2. The first-order valence-corrected chi connectivity index (χ1v) is 5.37. The second-order valence-electron chi connectivity index (χ2n) is 4.00. The minimum atomic E-state index is -0.196. The monoisotopic (exact) mass is 209 g/mol. The molecule has 3 heteroatoms. The Morgan fingerprint density at radius 2 is 2.13 bits per heavy atom. The molecule has 1 heterocycles. The van der Waals surface area contributed by atoms with Gasteiger partial charge in [0.05, 0.1) is 13.2 Å². The highest BCUT2D eigenvalue weighted by Gasteiger charge is 2.13. The first-order chi connectivity index (χ1) is 7.34. The highest BCUT2D eigenvalue weighted by atomic mass is 19.1. The number of benzene rings is 1. The summed E-state index contributed by atoms with van der Waals surface area (Å²) in [5.74, 6) is 0.448. The molecule has 1 N–H and O–H groups in total. The van der Waals surface area contributed by atoms with Gasteiger partial charge in [-0.3, -0.25) is 0 Å². The lowest BCUT2D eigenvalue weighted by Crippen LogP contribution is -2.13. The third-order valence-electron chi connectivity index (χ3n) is 2.70. The molecule has 0 bridgehead atoms. The maximum atomic E-state index is 12.6. The fourth-order valence-corrected chi connectivity index (χ4v) is 1.78. The number of ether oxygens (including phenoxy) is 1. The Kier molecular flexibility index (Phi) is 3.69. The molecule has 1 aromatic rings. The molecular weight excluding hydrogens is 193 g/mol. The zero-order valence-corrected chi connectivity index (χ0v) is 8.71. The maximum Gasteiger partial charge on any atom is 0.123 e. The predicted octanol–water partition coefficient (Wildman–Crippen LogP) is 1.95. The van der Waals surface area contributed by atoms with E-state index in [1.54, 1.807) is 12.1 Å². The van der Waals surface area contributed by atoms with Crippen LogP contribution in [0.3, 0.4) is 0 Å². The van der Waals surface area contributed by atoms with Gasteiger partial charge in [0.1, 0.15) is 5.82 Å². The predicted molar refractivity (Wildman–Crippen MR) is 57.0 cm³/mol. The molecule has 0 aliphatic carbocycles. The van der Waals surface area contributed by atoms with E-state index < -0.39 is 0 Å². The van der Waals surface area contributed by atoms with Crippen LogP contribution < -0.4 is 5.32 Å². The van der Waals surface area contributed by atoms with Crippen LogP contribution in [0.4, 0.5) is 4.39 Å². The van der Waals surface area contributed by atoms with Gasteiger partial charge >= 0.3 is 0 Å². The summed E-state index contributed by atoms with van der Waals surface area (Å²) in [4.78, 5) is 0. The summed E-state index contributed by atoms with van der Waals surface area (Å²) in [6.45, 7) is 3.54. The van der Waals surface area contributed by atoms with E-state index >= 15 is 0 Å². The Morgan fingerprint density at radius 3 is 2.80 bits per heavy atom. The van der Waals surface area contributed by atoms with Crippen molar-refractivity contribution in [2.24, 2.45) is 5.92 Å². The summed E-state index contributed by atoms with van der Waals surface area (Å²) >= 11 is 0. The van der Waals surface area contributed by atoms with Gasteiger partial charge in [0, 0.05) is 6.54 Å². The fourth-order valence-electron chi connectivity index (χ4n) is 1.78. The van der Waals surface area contributed by atoms with Gasteiger partial charge in [-0.15, -0.1) is 0 Å². The molecule has 0 amide bonds. The highest BCUT2D eigenvalue weighted by molar-refractivity contribution is 5.14. The third kappa shape index (κ3) is 3.29. The van der Waals surface area contributed by atoms with Crippen molar-refractivity contribution in [3.8, 4) is 0 Å². The number of hydrogen-bond donors (Lipinski definition) is 1. The molecule has 1 aromatic carbocycles. The molecule has 0 spiro atoms. The molecule has 0 radical (unpaired) electrons. The molecule has 0 aromatic heterocycles. The molecule has 0 saturated carbocycles. The molecule has 15 heavy (non-hydrogen) atoms. The molecule has 2 rings (SSSR count). The van der Waals surface area contributed by atoms with Gasteiger partial charge in [0.15, 0.2) is 0 Å². The molecule has 1 aliphatic heterocycles. The van der Waals surface area contributed by atoms with Crippen molar-refractivity contribution in [1.82, 2.24) is 5.32 Å². The lowest BCUT2D eigenvalue weighted by atomic mass is 10.1. The minimum absolute atomic E-state index is 0.196. The number of rotatable bonds is 4. The van der Waals surface area contributed by atoms with E-state index in [1.807, 2.05) is 0 Å². The van der Waals surface area contributed by atoms with Crippen molar-refractivity contribution in [3.05, 3.63) is 35.6 Å². The van der Waals surface area contributed by atoms with Crippen molar-refractivity contribution < 1.29 is 9.13 Å². The van der Waals surface area contributed by atoms with Gasteiger partial charge in [0.2, 0.25) is 0 Å². The summed E-state index contributed by atoms with van der Waals surface area (Å²) in [6.07, 6.45) is 1.20. The van der Waals surface area contributed by atoms with Gasteiger partial charge in [0.25, 0.3) is 0 Å². The maximum absolute atomic E-state index is 12.6. The van der Waals surface area contributed by atoms with Crippen LogP contribution in [0, 0.1) is 11.7 Å².